The Bertz CT molecular complexity index is 755. The van der Waals surface area contributed by atoms with Crippen molar-refractivity contribution in [2.45, 2.75) is 25.8 Å². The summed E-state index contributed by atoms with van der Waals surface area (Å²) in [7, 11) is 0. The van der Waals surface area contributed by atoms with E-state index in [0.29, 0.717) is 12.2 Å². The molecule has 0 aromatic heterocycles. The summed E-state index contributed by atoms with van der Waals surface area (Å²) in [5, 5.41) is 3.07. The van der Waals surface area contributed by atoms with Crippen LogP contribution in [-0.4, -0.2) is 18.6 Å². The van der Waals surface area contributed by atoms with E-state index in [1.807, 2.05) is 49.4 Å². The van der Waals surface area contributed by atoms with Crippen molar-refractivity contribution in [2.75, 3.05) is 6.61 Å². The van der Waals surface area contributed by atoms with Crippen LogP contribution in [0.4, 0.5) is 0 Å². The number of hydrogen-bond acceptors (Lipinski definition) is 2. The standard InChI is InChI=1S/C20H20BrNO2/c1-14(7-8-15-5-3-2-4-6-15)22-20(23)17-11-16-12-18(21)9-10-19(16)24-13-17/h2-6,9-12,14H,7-8,13H2,1H3,(H,22,23)/t14-/m1/s1. The highest BCUT2D eigenvalue weighted by molar-refractivity contribution is 9.10. The van der Waals surface area contributed by atoms with Gasteiger partial charge in [-0.05, 0) is 49.6 Å². The van der Waals surface area contributed by atoms with Crippen molar-refractivity contribution in [1.82, 2.24) is 5.32 Å². The lowest BCUT2D eigenvalue weighted by atomic mass is 10.0. The lowest BCUT2D eigenvalue weighted by Crippen LogP contribution is -2.35. The van der Waals surface area contributed by atoms with Crippen LogP contribution < -0.4 is 10.1 Å². The van der Waals surface area contributed by atoms with Gasteiger partial charge in [-0.15, -0.1) is 0 Å². The molecule has 0 bridgehead atoms. The molecular formula is C20H20BrNO2. The topological polar surface area (TPSA) is 38.3 Å². The second kappa shape index (κ2) is 7.67. The number of ether oxygens (including phenoxy) is 1. The van der Waals surface area contributed by atoms with Crippen molar-refractivity contribution < 1.29 is 9.53 Å². The SMILES string of the molecule is C[C@H](CCc1ccccc1)NC(=O)C1=Cc2cc(Br)ccc2OC1. The lowest BCUT2D eigenvalue weighted by Gasteiger charge is -2.20. The number of fused-ring (bicyclic) bond motifs is 1. The van der Waals surface area contributed by atoms with Gasteiger partial charge in [-0.25, -0.2) is 0 Å². The van der Waals surface area contributed by atoms with E-state index in [1.165, 1.54) is 5.56 Å². The van der Waals surface area contributed by atoms with Crippen LogP contribution in [-0.2, 0) is 11.2 Å². The van der Waals surface area contributed by atoms with Gasteiger partial charge in [-0.2, -0.15) is 0 Å². The fraction of sp³-hybridized carbons (Fsp3) is 0.250. The Labute approximate surface area is 150 Å². The largest absolute Gasteiger partial charge is 0.488 e. The predicted octanol–water partition coefficient (Wildman–Crippen LogP) is 4.36. The first kappa shape index (κ1) is 16.8. The maximum atomic E-state index is 12.4. The average molecular weight is 386 g/mol. The van der Waals surface area contributed by atoms with Crippen molar-refractivity contribution >= 4 is 27.9 Å². The normalized spacial score (nSPS) is 14.2. The molecule has 124 valence electrons. The maximum Gasteiger partial charge on any atom is 0.250 e. The minimum atomic E-state index is -0.0545. The minimum absolute atomic E-state index is 0.0545. The number of nitrogens with one attached hydrogen (secondary N) is 1. The number of halogens is 1. The van der Waals surface area contributed by atoms with Crippen molar-refractivity contribution in [2.24, 2.45) is 0 Å². The molecule has 3 nitrogen and oxygen atoms in total. The first-order chi connectivity index (χ1) is 11.6. The van der Waals surface area contributed by atoms with E-state index in [9.17, 15) is 4.79 Å². The zero-order chi connectivity index (χ0) is 16.9. The number of amides is 1. The first-order valence-electron chi connectivity index (χ1n) is 8.09. The summed E-state index contributed by atoms with van der Waals surface area (Å²) in [5.41, 5.74) is 2.88. The van der Waals surface area contributed by atoms with Gasteiger partial charge in [0.25, 0.3) is 5.91 Å². The third-order valence-corrected chi connectivity index (χ3v) is 4.56. The Hall–Kier alpha value is -2.07. The Morgan fingerprint density at radius 2 is 2.04 bits per heavy atom. The molecule has 24 heavy (non-hydrogen) atoms. The molecule has 0 unspecified atom stereocenters. The molecule has 3 rings (SSSR count). The van der Waals surface area contributed by atoms with E-state index >= 15 is 0 Å². The molecule has 0 aliphatic carbocycles. The predicted molar refractivity (Wildman–Crippen MR) is 100.0 cm³/mol. The summed E-state index contributed by atoms with van der Waals surface area (Å²) in [5.74, 6) is 0.757. The van der Waals surface area contributed by atoms with Crippen molar-refractivity contribution in [3.05, 3.63) is 69.7 Å². The molecule has 1 aliphatic rings. The van der Waals surface area contributed by atoms with Crippen LogP contribution in [0.2, 0.25) is 0 Å². The Morgan fingerprint density at radius 3 is 2.83 bits per heavy atom. The molecule has 2 aromatic carbocycles. The summed E-state index contributed by atoms with van der Waals surface area (Å²) in [4.78, 5) is 12.4. The van der Waals surface area contributed by atoms with Crippen molar-refractivity contribution in [3.8, 4) is 5.75 Å². The molecule has 0 spiro atoms. The van der Waals surface area contributed by atoms with E-state index in [0.717, 1.165) is 28.6 Å². The Balaban J connectivity index is 1.58. The van der Waals surface area contributed by atoms with Crippen molar-refractivity contribution in [1.29, 1.82) is 0 Å². The summed E-state index contributed by atoms with van der Waals surface area (Å²) in [6.07, 6.45) is 3.77. The van der Waals surface area contributed by atoms with E-state index in [2.05, 4.69) is 33.4 Å². The van der Waals surface area contributed by atoms with E-state index in [-0.39, 0.29) is 11.9 Å². The zero-order valence-electron chi connectivity index (χ0n) is 13.6. The number of carbonyl (C=O) groups is 1. The highest BCUT2D eigenvalue weighted by atomic mass is 79.9. The fourth-order valence-corrected chi connectivity index (χ4v) is 3.07. The third-order valence-electron chi connectivity index (χ3n) is 4.06. The minimum Gasteiger partial charge on any atom is -0.488 e. The summed E-state index contributed by atoms with van der Waals surface area (Å²) in [6, 6.07) is 16.2. The Morgan fingerprint density at radius 1 is 1.25 bits per heavy atom. The van der Waals surface area contributed by atoms with Gasteiger partial charge in [0.05, 0.1) is 5.57 Å². The number of hydrogen-bond donors (Lipinski definition) is 1. The highest BCUT2D eigenvalue weighted by Gasteiger charge is 2.18. The molecule has 1 N–H and O–H groups in total. The second-order valence-corrected chi connectivity index (χ2v) is 6.95. The quantitative estimate of drug-likeness (QED) is 0.829. The van der Waals surface area contributed by atoms with Crippen LogP contribution >= 0.6 is 15.9 Å². The van der Waals surface area contributed by atoms with Crippen LogP contribution in [0.3, 0.4) is 0 Å². The van der Waals surface area contributed by atoms with Crippen molar-refractivity contribution in [3.63, 3.8) is 0 Å². The van der Waals surface area contributed by atoms with Gasteiger partial charge in [-0.3, -0.25) is 4.79 Å². The second-order valence-electron chi connectivity index (χ2n) is 6.04. The third kappa shape index (κ3) is 4.26. The molecule has 0 saturated carbocycles. The lowest BCUT2D eigenvalue weighted by molar-refractivity contribution is -0.118. The molecule has 1 atom stereocenters. The van der Waals surface area contributed by atoms with Gasteiger partial charge >= 0.3 is 0 Å². The first-order valence-corrected chi connectivity index (χ1v) is 8.89. The molecule has 2 aromatic rings. The van der Waals surface area contributed by atoms with E-state index in [1.54, 1.807) is 0 Å². The van der Waals surface area contributed by atoms with E-state index in [4.69, 9.17) is 4.74 Å². The van der Waals surface area contributed by atoms with Crippen LogP contribution in [0.15, 0.2) is 58.6 Å². The summed E-state index contributed by atoms with van der Waals surface area (Å²) >= 11 is 3.45. The van der Waals surface area contributed by atoms with E-state index < -0.39 is 0 Å². The van der Waals surface area contributed by atoms with Gasteiger partial charge in [0.2, 0.25) is 0 Å². The molecule has 1 heterocycles. The molecular weight excluding hydrogens is 366 g/mol. The highest BCUT2D eigenvalue weighted by Crippen LogP contribution is 2.29. The van der Waals surface area contributed by atoms with Gasteiger partial charge in [0.15, 0.2) is 0 Å². The molecule has 1 amide bonds. The molecule has 0 saturated heterocycles. The zero-order valence-corrected chi connectivity index (χ0v) is 15.2. The van der Waals surface area contributed by atoms with Gasteiger partial charge < -0.3 is 10.1 Å². The molecule has 4 heteroatoms. The van der Waals surface area contributed by atoms with Gasteiger partial charge in [0, 0.05) is 16.1 Å². The number of benzene rings is 2. The average Bonchev–Trinajstić information content (AvgIpc) is 2.60. The molecule has 1 aliphatic heterocycles. The van der Waals surface area contributed by atoms with Crippen LogP contribution in [0, 0.1) is 0 Å². The van der Waals surface area contributed by atoms with Crippen LogP contribution in [0.1, 0.15) is 24.5 Å². The summed E-state index contributed by atoms with van der Waals surface area (Å²) < 4.78 is 6.64. The maximum absolute atomic E-state index is 12.4. The number of aryl methyl sites for hydroxylation is 1. The fourth-order valence-electron chi connectivity index (χ4n) is 2.70. The molecule has 0 radical (unpaired) electrons. The summed E-state index contributed by atoms with van der Waals surface area (Å²) in [6.45, 7) is 2.35. The molecule has 0 fully saturated rings. The van der Waals surface area contributed by atoms with Gasteiger partial charge in [-0.1, -0.05) is 46.3 Å². The number of rotatable bonds is 5. The Kier molecular flexibility index (Phi) is 5.36. The van der Waals surface area contributed by atoms with Crippen LogP contribution in [0.25, 0.3) is 6.08 Å². The van der Waals surface area contributed by atoms with Crippen LogP contribution in [0.5, 0.6) is 5.75 Å². The monoisotopic (exact) mass is 385 g/mol. The number of carbonyl (C=O) groups excluding carboxylic acids is 1. The van der Waals surface area contributed by atoms with Gasteiger partial charge in [0.1, 0.15) is 12.4 Å². The smallest absolute Gasteiger partial charge is 0.250 e.